The van der Waals surface area contributed by atoms with Gasteiger partial charge < -0.3 is 4.98 Å². The first-order chi connectivity index (χ1) is 15.0. The number of likely N-dealkylation sites (tertiary alicyclic amines) is 1. The van der Waals surface area contributed by atoms with Crippen LogP contribution in [0.3, 0.4) is 0 Å². The van der Waals surface area contributed by atoms with Gasteiger partial charge in [-0.1, -0.05) is 36.8 Å². The smallest absolute Gasteiger partial charge is 0.296 e. The van der Waals surface area contributed by atoms with Crippen LogP contribution in [0.25, 0.3) is 10.9 Å². The lowest BCUT2D eigenvalue weighted by molar-refractivity contribution is 0.0638. The Bertz CT molecular complexity index is 1180. The van der Waals surface area contributed by atoms with Crippen molar-refractivity contribution < 1.29 is 12.6 Å². The van der Waals surface area contributed by atoms with Crippen molar-refractivity contribution in [2.75, 3.05) is 19.7 Å². The van der Waals surface area contributed by atoms with Crippen LogP contribution < -0.4 is 0 Å². The second-order valence-electron chi connectivity index (χ2n) is 9.11. The van der Waals surface area contributed by atoms with E-state index in [2.05, 4.69) is 41.2 Å². The Kier molecular flexibility index (Phi) is 5.40. The molecule has 3 aromatic rings. The second kappa shape index (κ2) is 8.08. The van der Waals surface area contributed by atoms with E-state index in [1.165, 1.54) is 22.0 Å². The van der Waals surface area contributed by atoms with Crippen molar-refractivity contribution in [3.05, 3.63) is 65.4 Å². The SMILES string of the molecule is CCCN1C[C@H](COS(=O)(=O)c2ccc(C)cc2)CC2c3cccc4[nH]cc(c34)C[C@H]21. The van der Waals surface area contributed by atoms with Gasteiger partial charge in [-0.25, -0.2) is 0 Å². The summed E-state index contributed by atoms with van der Waals surface area (Å²) in [5.41, 5.74) is 5.04. The first kappa shape index (κ1) is 20.7. The van der Waals surface area contributed by atoms with Crippen molar-refractivity contribution in [3.8, 4) is 0 Å². The van der Waals surface area contributed by atoms with Gasteiger partial charge in [0.25, 0.3) is 10.1 Å². The summed E-state index contributed by atoms with van der Waals surface area (Å²) in [6.07, 6.45) is 5.26. The van der Waals surface area contributed by atoms with Gasteiger partial charge in [-0.05, 0) is 68.0 Å². The highest BCUT2D eigenvalue weighted by Crippen LogP contribution is 2.44. The average molecular weight is 439 g/mol. The molecule has 0 amide bonds. The number of nitrogens with one attached hydrogen (secondary N) is 1. The van der Waals surface area contributed by atoms with Gasteiger partial charge in [-0.3, -0.25) is 9.08 Å². The van der Waals surface area contributed by atoms with Crippen LogP contribution in [0, 0.1) is 12.8 Å². The number of aryl methyl sites for hydroxylation is 1. The molecule has 0 spiro atoms. The number of H-pyrrole nitrogens is 1. The molecule has 5 rings (SSSR count). The van der Waals surface area contributed by atoms with Crippen LogP contribution in [0.1, 0.15) is 42.4 Å². The van der Waals surface area contributed by atoms with E-state index in [4.69, 9.17) is 4.18 Å². The van der Waals surface area contributed by atoms with Gasteiger partial charge >= 0.3 is 0 Å². The van der Waals surface area contributed by atoms with Crippen LogP contribution in [0.5, 0.6) is 0 Å². The zero-order valence-electron chi connectivity index (χ0n) is 18.2. The lowest BCUT2D eigenvalue weighted by Crippen LogP contribution is -2.51. The fraction of sp³-hybridized carbons (Fsp3) is 0.440. The Balaban J connectivity index is 1.39. The molecule has 3 atom stereocenters. The topological polar surface area (TPSA) is 62.4 Å². The number of fused-ring (bicyclic) bond motifs is 2. The number of aromatic amines is 1. The number of rotatable bonds is 6. The number of benzene rings is 2. The van der Waals surface area contributed by atoms with Gasteiger partial charge in [0.05, 0.1) is 11.5 Å². The van der Waals surface area contributed by atoms with E-state index in [0.29, 0.717) is 12.0 Å². The van der Waals surface area contributed by atoms with Gasteiger partial charge in [-0.2, -0.15) is 8.42 Å². The van der Waals surface area contributed by atoms with Crippen LogP contribution in [0.4, 0.5) is 0 Å². The lowest BCUT2D eigenvalue weighted by atomic mass is 9.72. The molecule has 2 heterocycles. The molecule has 164 valence electrons. The maximum atomic E-state index is 12.7. The first-order valence-electron chi connectivity index (χ1n) is 11.3. The predicted octanol–water partition coefficient (Wildman–Crippen LogP) is 4.62. The third-order valence-electron chi connectivity index (χ3n) is 6.94. The Hall–Kier alpha value is -2.15. The lowest BCUT2D eigenvalue weighted by Gasteiger charge is -2.47. The molecule has 1 N–H and O–H groups in total. The quantitative estimate of drug-likeness (QED) is 0.571. The maximum Gasteiger partial charge on any atom is 0.296 e. The average Bonchev–Trinajstić information content (AvgIpc) is 3.18. The molecule has 0 radical (unpaired) electrons. The van der Waals surface area contributed by atoms with E-state index in [0.717, 1.165) is 37.9 Å². The zero-order valence-corrected chi connectivity index (χ0v) is 19.0. The van der Waals surface area contributed by atoms with Gasteiger partial charge in [0, 0.05) is 35.6 Å². The minimum Gasteiger partial charge on any atom is -0.361 e. The highest BCUT2D eigenvalue weighted by Gasteiger charge is 2.40. The summed E-state index contributed by atoms with van der Waals surface area (Å²) in [7, 11) is -3.74. The Morgan fingerprint density at radius 3 is 2.74 bits per heavy atom. The molecule has 1 saturated heterocycles. The van der Waals surface area contributed by atoms with Crippen molar-refractivity contribution in [1.29, 1.82) is 0 Å². The molecule has 1 aliphatic carbocycles. The highest BCUT2D eigenvalue weighted by molar-refractivity contribution is 7.86. The van der Waals surface area contributed by atoms with Crippen LogP contribution >= 0.6 is 0 Å². The van der Waals surface area contributed by atoms with E-state index in [-0.39, 0.29) is 17.4 Å². The molecule has 0 saturated carbocycles. The number of hydrogen-bond acceptors (Lipinski definition) is 4. The molecule has 0 bridgehead atoms. The van der Waals surface area contributed by atoms with E-state index < -0.39 is 10.1 Å². The number of piperidine rings is 1. The van der Waals surface area contributed by atoms with Crippen LogP contribution in [0.2, 0.25) is 0 Å². The van der Waals surface area contributed by atoms with Crippen molar-refractivity contribution in [2.24, 2.45) is 5.92 Å². The molecule has 6 heteroatoms. The molecule has 1 aliphatic heterocycles. The largest absolute Gasteiger partial charge is 0.361 e. The molecule has 1 unspecified atom stereocenters. The Labute approximate surface area is 184 Å². The van der Waals surface area contributed by atoms with Crippen LogP contribution in [0.15, 0.2) is 53.6 Å². The van der Waals surface area contributed by atoms with E-state index in [1.54, 1.807) is 12.1 Å². The molecule has 1 fully saturated rings. The summed E-state index contributed by atoms with van der Waals surface area (Å²) < 4.78 is 31.0. The minimum absolute atomic E-state index is 0.184. The standard InChI is InChI=1S/C25H30N2O3S/c1-3-11-27-15-18(16-30-31(28,29)20-9-7-17(2)8-10-20)12-22-21-5-4-6-23-25(21)19(14-26-23)13-24(22)27/h4-10,14,18,22,24,26H,3,11-13,15-16H2,1-2H3/t18-,22?,24-/m1/s1. The van der Waals surface area contributed by atoms with Gasteiger partial charge in [0.2, 0.25) is 0 Å². The third kappa shape index (κ3) is 3.81. The summed E-state index contributed by atoms with van der Waals surface area (Å²) in [6.45, 7) is 6.29. The molecule has 2 aliphatic rings. The maximum absolute atomic E-state index is 12.7. The summed E-state index contributed by atoms with van der Waals surface area (Å²) in [4.78, 5) is 6.23. The van der Waals surface area contributed by atoms with E-state index in [9.17, 15) is 8.42 Å². The van der Waals surface area contributed by atoms with Gasteiger partial charge in [-0.15, -0.1) is 0 Å². The summed E-state index contributed by atoms with van der Waals surface area (Å²) in [6, 6.07) is 13.9. The summed E-state index contributed by atoms with van der Waals surface area (Å²) in [5.74, 6) is 0.590. The third-order valence-corrected chi connectivity index (χ3v) is 8.24. The minimum atomic E-state index is -3.74. The first-order valence-corrected chi connectivity index (χ1v) is 12.7. The highest BCUT2D eigenvalue weighted by atomic mass is 32.2. The fourth-order valence-corrected chi connectivity index (χ4v) is 6.50. The Morgan fingerprint density at radius 2 is 1.97 bits per heavy atom. The zero-order chi connectivity index (χ0) is 21.6. The van der Waals surface area contributed by atoms with Crippen molar-refractivity contribution in [1.82, 2.24) is 9.88 Å². The van der Waals surface area contributed by atoms with Crippen molar-refractivity contribution in [2.45, 2.75) is 50.0 Å². The second-order valence-corrected chi connectivity index (χ2v) is 10.7. The molecule has 5 nitrogen and oxygen atoms in total. The van der Waals surface area contributed by atoms with Crippen molar-refractivity contribution >= 4 is 21.0 Å². The summed E-state index contributed by atoms with van der Waals surface area (Å²) in [5, 5.41) is 1.37. The van der Waals surface area contributed by atoms with Gasteiger partial charge in [0.15, 0.2) is 0 Å². The predicted molar refractivity (Wildman–Crippen MR) is 123 cm³/mol. The fourth-order valence-electron chi connectivity index (χ4n) is 5.52. The summed E-state index contributed by atoms with van der Waals surface area (Å²) >= 11 is 0. The van der Waals surface area contributed by atoms with Gasteiger partial charge in [0.1, 0.15) is 0 Å². The molecular formula is C25H30N2O3S. The normalized spacial score (nSPS) is 23.7. The molecular weight excluding hydrogens is 408 g/mol. The number of hydrogen-bond donors (Lipinski definition) is 1. The molecule has 1 aromatic heterocycles. The molecule has 31 heavy (non-hydrogen) atoms. The van der Waals surface area contributed by atoms with Crippen molar-refractivity contribution in [3.63, 3.8) is 0 Å². The number of aromatic nitrogens is 1. The van der Waals surface area contributed by atoms with E-state index >= 15 is 0 Å². The van der Waals surface area contributed by atoms with Crippen LogP contribution in [-0.4, -0.2) is 44.0 Å². The monoisotopic (exact) mass is 438 g/mol. The molecule has 2 aromatic carbocycles. The Morgan fingerprint density at radius 1 is 1.16 bits per heavy atom. The van der Waals surface area contributed by atoms with Crippen LogP contribution in [-0.2, 0) is 20.7 Å². The number of nitrogens with zero attached hydrogens (tertiary/aromatic N) is 1. The van der Waals surface area contributed by atoms with E-state index in [1.807, 2.05) is 19.1 Å².